The highest BCUT2D eigenvalue weighted by molar-refractivity contribution is 6.33. The number of halogens is 1. The van der Waals surface area contributed by atoms with Crippen molar-refractivity contribution >= 4 is 23.5 Å². The largest absolute Gasteiger partial charge is 0.481 e. The molecule has 0 bridgehead atoms. The maximum absolute atomic E-state index is 12.2. The summed E-state index contributed by atoms with van der Waals surface area (Å²) in [6, 6.07) is 3.04. The predicted molar refractivity (Wildman–Crippen MR) is 78.3 cm³/mol. The zero-order valence-corrected chi connectivity index (χ0v) is 12.9. The molecule has 1 aliphatic heterocycles. The zero-order valence-electron chi connectivity index (χ0n) is 12.1. The van der Waals surface area contributed by atoms with Crippen LogP contribution < -0.4 is 10.1 Å². The van der Waals surface area contributed by atoms with Gasteiger partial charge in [0.2, 0.25) is 5.88 Å². The molecule has 2 rings (SSSR count). The first-order chi connectivity index (χ1) is 10.5. The van der Waals surface area contributed by atoms with E-state index in [0.29, 0.717) is 26.1 Å². The minimum Gasteiger partial charge on any atom is -0.481 e. The molecule has 1 aromatic rings. The van der Waals surface area contributed by atoms with E-state index in [4.69, 9.17) is 21.1 Å². The van der Waals surface area contributed by atoms with Gasteiger partial charge in [-0.25, -0.2) is 4.98 Å². The van der Waals surface area contributed by atoms with Crippen LogP contribution >= 0.6 is 11.6 Å². The number of carbonyl (C=O) groups is 2. The van der Waals surface area contributed by atoms with E-state index in [2.05, 4.69) is 10.3 Å². The molecule has 1 aromatic heterocycles. The monoisotopic (exact) mass is 328 g/mol. The van der Waals surface area contributed by atoms with Crippen molar-refractivity contribution in [2.45, 2.75) is 12.8 Å². The number of carboxylic acid groups (broad SMARTS) is 1. The van der Waals surface area contributed by atoms with Crippen LogP contribution in [0.25, 0.3) is 0 Å². The van der Waals surface area contributed by atoms with Gasteiger partial charge in [-0.3, -0.25) is 9.59 Å². The topological polar surface area (TPSA) is 97.8 Å². The van der Waals surface area contributed by atoms with E-state index in [1.165, 1.54) is 19.2 Å². The average molecular weight is 329 g/mol. The molecule has 7 nitrogen and oxygen atoms in total. The van der Waals surface area contributed by atoms with Crippen LogP contribution in [0.3, 0.4) is 0 Å². The van der Waals surface area contributed by atoms with Gasteiger partial charge in [0.05, 0.1) is 17.5 Å². The van der Waals surface area contributed by atoms with Crippen molar-refractivity contribution in [2.75, 3.05) is 26.9 Å². The second kappa shape index (κ2) is 6.93. The Labute approximate surface area is 132 Å². The van der Waals surface area contributed by atoms with Crippen LogP contribution in [0.15, 0.2) is 12.1 Å². The number of methoxy groups -OCH3 is 1. The van der Waals surface area contributed by atoms with E-state index in [0.717, 1.165) is 0 Å². The quantitative estimate of drug-likeness (QED) is 0.846. The van der Waals surface area contributed by atoms with Crippen molar-refractivity contribution in [3.63, 3.8) is 0 Å². The first kappa shape index (κ1) is 16.5. The fourth-order valence-electron chi connectivity index (χ4n) is 2.26. The van der Waals surface area contributed by atoms with Gasteiger partial charge in [-0.1, -0.05) is 11.6 Å². The highest BCUT2D eigenvalue weighted by Gasteiger charge is 2.40. The molecule has 1 fully saturated rings. The second-order valence-corrected chi connectivity index (χ2v) is 5.47. The van der Waals surface area contributed by atoms with E-state index in [1.807, 2.05) is 0 Å². The summed E-state index contributed by atoms with van der Waals surface area (Å²) in [6.07, 6.45) is 0.698. The molecule has 0 aliphatic carbocycles. The number of hydrogen-bond acceptors (Lipinski definition) is 5. The molecular formula is C14H17ClN2O5. The average Bonchev–Trinajstić information content (AvgIpc) is 2.54. The summed E-state index contributed by atoms with van der Waals surface area (Å²) in [5.74, 6) is -1.22. The molecule has 8 heteroatoms. The minimum atomic E-state index is -1.01. The number of rotatable bonds is 5. The van der Waals surface area contributed by atoms with E-state index < -0.39 is 17.3 Å². The van der Waals surface area contributed by atoms with Crippen LogP contribution in [0.1, 0.15) is 23.3 Å². The number of carboxylic acids is 1. The Morgan fingerprint density at radius 1 is 1.45 bits per heavy atom. The summed E-state index contributed by atoms with van der Waals surface area (Å²) < 4.78 is 10.1. The molecule has 0 radical (unpaired) electrons. The molecule has 0 aromatic carbocycles. The van der Waals surface area contributed by atoms with Crippen molar-refractivity contribution < 1.29 is 24.2 Å². The Morgan fingerprint density at radius 3 is 2.73 bits per heavy atom. The molecule has 1 saturated heterocycles. The first-order valence-electron chi connectivity index (χ1n) is 6.78. The second-order valence-electron chi connectivity index (χ2n) is 5.06. The lowest BCUT2D eigenvalue weighted by molar-refractivity contribution is -0.154. The Kier molecular flexibility index (Phi) is 5.20. The van der Waals surface area contributed by atoms with Gasteiger partial charge in [0.15, 0.2) is 5.69 Å². The zero-order chi connectivity index (χ0) is 16.2. The summed E-state index contributed by atoms with van der Waals surface area (Å²) in [6.45, 7) is 0.723. The molecule has 0 saturated carbocycles. The van der Waals surface area contributed by atoms with Gasteiger partial charge in [0.1, 0.15) is 0 Å². The summed E-state index contributed by atoms with van der Waals surface area (Å²) in [5, 5.41) is 12.2. The number of nitrogens with zero attached hydrogens (tertiary/aromatic N) is 1. The van der Waals surface area contributed by atoms with Crippen LogP contribution in [0.4, 0.5) is 0 Å². The molecule has 2 heterocycles. The van der Waals surface area contributed by atoms with Crippen LogP contribution in [0, 0.1) is 5.41 Å². The number of hydrogen-bond donors (Lipinski definition) is 2. The Morgan fingerprint density at radius 2 is 2.14 bits per heavy atom. The van der Waals surface area contributed by atoms with Gasteiger partial charge in [-0.05, 0) is 18.9 Å². The van der Waals surface area contributed by atoms with Crippen LogP contribution in [-0.4, -0.2) is 48.8 Å². The number of aromatic nitrogens is 1. The summed E-state index contributed by atoms with van der Waals surface area (Å²) in [5.41, 5.74) is -1.01. The Bertz CT molecular complexity index is 572. The number of ether oxygens (including phenoxy) is 2. The molecule has 1 aliphatic rings. The lowest BCUT2D eigenvalue weighted by atomic mass is 9.80. The van der Waals surface area contributed by atoms with Crippen LogP contribution in [0.2, 0.25) is 5.02 Å². The van der Waals surface area contributed by atoms with Gasteiger partial charge in [0.25, 0.3) is 5.91 Å². The SMILES string of the molecule is COc1ccc(Cl)c(C(=O)NCC2(C(=O)O)CCOCC2)n1. The third-order valence-corrected chi connectivity index (χ3v) is 4.04. The maximum Gasteiger partial charge on any atom is 0.311 e. The fourth-order valence-corrected chi connectivity index (χ4v) is 2.45. The molecule has 22 heavy (non-hydrogen) atoms. The van der Waals surface area contributed by atoms with Crippen LogP contribution in [0.5, 0.6) is 5.88 Å². The fraction of sp³-hybridized carbons (Fsp3) is 0.500. The van der Waals surface area contributed by atoms with E-state index in [1.54, 1.807) is 0 Å². The van der Waals surface area contributed by atoms with Crippen molar-refractivity contribution in [2.24, 2.45) is 5.41 Å². The van der Waals surface area contributed by atoms with Gasteiger partial charge in [-0.2, -0.15) is 0 Å². The van der Waals surface area contributed by atoms with Gasteiger partial charge in [-0.15, -0.1) is 0 Å². The maximum atomic E-state index is 12.2. The third-order valence-electron chi connectivity index (χ3n) is 3.74. The smallest absolute Gasteiger partial charge is 0.311 e. The van der Waals surface area contributed by atoms with Crippen molar-refractivity contribution in [3.05, 3.63) is 22.8 Å². The molecule has 0 spiro atoms. The number of nitrogens with one attached hydrogen (secondary N) is 1. The molecule has 2 N–H and O–H groups in total. The van der Waals surface area contributed by atoms with E-state index >= 15 is 0 Å². The lowest BCUT2D eigenvalue weighted by Crippen LogP contribution is -2.46. The highest BCUT2D eigenvalue weighted by Crippen LogP contribution is 2.30. The normalized spacial score (nSPS) is 16.8. The molecule has 0 unspecified atom stereocenters. The number of amides is 1. The lowest BCUT2D eigenvalue weighted by Gasteiger charge is -2.33. The molecule has 1 amide bonds. The molecule has 0 atom stereocenters. The van der Waals surface area contributed by atoms with Gasteiger partial charge >= 0.3 is 5.97 Å². The summed E-state index contributed by atoms with van der Waals surface area (Å²) in [7, 11) is 1.43. The summed E-state index contributed by atoms with van der Waals surface area (Å²) in [4.78, 5) is 27.7. The number of aliphatic carboxylic acids is 1. The van der Waals surface area contributed by atoms with Crippen molar-refractivity contribution in [1.82, 2.24) is 10.3 Å². The Balaban J connectivity index is 2.10. The first-order valence-corrected chi connectivity index (χ1v) is 7.16. The molecular weight excluding hydrogens is 312 g/mol. The van der Waals surface area contributed by atoms with Crippen LogP contribution in [-0.2, 0) is 9.53 Å². The standard InChI is InChI=1S/C14H17ClN2O5/c1-21-10-3-2-9(15)11(17-10)12(18)16-8-14(13(19)20)4-6-22-7-5-14/h2-3H,4-8H2,1H3,(H,16,18)(H,19,20). The summed E-state index contributed by atoms with van der Waals surface area (Å²) >= 11 is 5.95. The predicted octanol–water partition coefficient (Wildman–Crippen LogP) is 1.35. The number of pyridine rings is 1. The van der Waals surface area contributed by atoms with E-state index in [9.17, 15) is 14.7 Å². The highest BCUT2D eigenvalue weighted by atomic mass is 35.5. The van der Waals surface area contributed by atoms with Gasteiger partial charge < -0.3 is 19.9 Å². The minimum absolute atomic E-state index is 0.000253. The molecule has 120 valence electrons. The Hall–Kier alpha value is -1.86. The van der Waals surface area contributed by atoms with Gasteiger partial charge in [0, 0.05) is 25.8 Å². The van der Waals surface area contributed by atoms with Crippen molar-refractivity contribution in [1.29, 1.82) is 0 Å². The van der Waals surface area contributed by atoms with Crippen molar-refractivity contribution in [3.8, 4) is 5.88 Å². The van der Waals surface area contributed by atoms with E-state index in [-0.39, 0.29) is 23.1 Å². The third kappa shape index (κ3) is 3.48. The number of carbonyl (C=O) groups excluding carboxylic acids is 1.